The second kappa shape index (κ2) is 10.6. The molecule has 0 amide bonds. The monoisotopic (exact) mass is 600 g/mol. The number of carbonyl (C=O) groups is 3. The quantitative estimate of drug-likeness (QED) is 0.257. The summed E-state index contributed by atoms with van der Waals surface area (Å²) in [6, 6.07) is 0. The van der Waals surface area contributed by atoms with E-state index >= 15 is 0 Å². The Hall–Kier alpha value is -1.91. The average Bonchev–Trinajstić information content (AvgIpc) is 3.08. The van der Waals surface area contributed by atoms with Gasteiger partial charge in [0.05, 0.1) is 7.11 Å². The first-order chi connectivity index (χ1) is 19.8. The Bertz CT molecular complexity index is 1100. The smallest absolute Gasteiger partial charge is 0.339 e. The molecule has 0 N–H and O–H groups in total. The van der Waals surface area contributed by atoms with Crippen molar-refractivity contribution in [3.8, 4) is 0 Å². The minimum Gasteiger partial charge on any atom is -0.467 e. The van der Waals surface area contributed by atoms with Gasteiger partial charge in [-0.05, 0) is 38.0 Å². The Morgan fingerprint density at radius 1 is 0.833 bits per heavy atom. The number of rotatable bonds is 5. The van der Waals surface area contributed by atoms with Gasteiger partial charge in [0.1, 0.15) is 0 Å². The topological polar surface area (TPSA) is 153 Å². The molecule has 0 radical (unpaired) electrons. The zero-order valence-corrected chi connectivity index (χ0v) is 24.9. The van der Waals surface area contributed by atoms with Gasteiger partial charge >= 0.3 is 17.9 Å². The van der Waals surface area contributed by atoms with Crippen LogP contribution in [0.3, 0.4) is 0 Å². The van der Waals surface area contributed by atoms with Crippen LogP contribution in [0, 0.1) is 23.7 Å². The van der Waals surface area contributed by atoms with Gasteiger partial charge in [-0.15, -0.1) is 0 Å². The second-order valence-electron chi connectivity index (χ2n) is 12.6. The van der Waals surface area contributed by atoms with Crippen LogP contribution in [0.15, 0.2) is 0 Å². The van der Waals surface area contributed by atoms with Crippen molar-refractivity contribution in [3.63, 3.8) is 0 Å². The van der Waals surface area contributed by atoms with Gasteiger partial charge in [-0.3, -0.25) is 19.1 Å². The van der Waals surface area contributed by atoms with E-state index in [1.54, 1.807) is 0 Å². The van der Waals surface area contributed by atoms with Crippen LogP contribution >= 0.6 is 0 Å². The highest BCUT2D eigenvalue weighted by Crippen LogP contribution is 2.61. The van der Waals surface area contributed by atoms with Crippen molar-refractivity contribution in [1.29, 1.82) is 0 Å². The Morgan fingerprint density at radius 3 is 2.24 bits per heavy atom. The highest BCUT2D eigenvalue weighted by molar-refractivity contribution is 5.77. The Kier molecular flexibility index (Phi) is 7.62. The van der Waals surface area contributed by atoms with E-state index in [9.17, 15) is 14.4 Å². The summed E-state index contributed by atoms with van der Waals surface area (Å²) < 4.78 is 53.1. The molecule has 6 saturated heterocycles. The average molecular weight is 601 g/mol. The third-order valence-corrected chi connectivity index (χ3v) is 9.64. The van der Waals surface area contributed by atoms with Crippen molar-refractivity contribution >= 4 is 17.9 Å². The van der Waals surface area contributed by atoms with E-state index in [1.165, 1.54) is 13.8 Å². The van der Waals surface area contributed by atoms with Crippen LogP contribution in [0.4, 0.5) is 0 Å². The molecule has 1 saturated carbocycles. The number of ether oxygens (including phenoxy) is 9. The normalized spacial score (nSPS) is 51.1. The summed E-state index contributed by atoms with van der Waals surface area (Å²) in [6.45, 7) is 9.97. The molecule has 1 aliphatic carbocycles. The molecule has 14 atom stereocenters. The first-order valence-corrected chi connectivity index (χ1v) is 14.6. The predicted octanol–water partition coefficient (Wildman–Crippen LogP) is 2.06. The third kappa shape index (κ3) is 4.84. The van der Waals surface area contributed by atoms with Crippen LogP contribution in [0.5, 0.6) is 0 Å². The minimum atomic E-state index is -1.77. The highest BCUT2D eigenvalue weighted by atomic mass is 17.3. The fourth-order valence-electron chi connectivity index (χ4n) is 7.74. The van der Waals surface area contributed by atoms with E-state index < -0.39 is 78.6 Å². The number of hydrogen-bond donors (Lipinski definition) is 0. The summed E-state index contributed by atoms with van der Waals surface area (Å²) in [5.41, 5.74) is -0.784. The SMILES string of the molecule is COC(=O)[C@H]1O[C@@H]2O[C@@](C)(O[C@@H]3O[C@@H]4O[C@]5(C)CC[C@H]6[C@H](C)CC[C@@H]([C@H]3C)[C@@]46OO5)O[C@@H]2[C@@H](OC(C)=O)[C@@H]1OC(C)=O. The summed E-state index contributed by atoms with van der Waals surface area (Å²) in [5, 5.41) is 0. The van der Waals surface area contributed by atoms with Crippen molar-refractivity contribution in [2.45, 2.75) is 128 Å². The first kappa shape index (κ1) is 30.1. The molecule has 6 aliphatic heterocycles. The number of carbonyl (C=O) groups excluding carboxylic acids is 3. The largest absolute Gasteiger partial charge is 0.467 e. The zero-order chi connectivity index (χ0) is 30.2. The molecule has 14 nitrogen and oxygen atoms in total. The maximum atomic E-state index is 12.6. The molecule has 7 fully saturated rings. The Labute approximate surface area is 243 Å². The van der Waals surface area contributed by atoms with Crippen LogP contribution in [0.25, 0.3) is 0 Å². The van der Waals surface area contributed by atoms with Gasteiger partial charge in [0.15, 0.2) is 48.9 Å². The maximum Gasteiger partial charge on any atom is 0.339 e. The molecule has 0 unspecified atom stereocenters. The number of hydrogen-bond acceptors (Lipinski definition) is 14. The Morgan fingerprint density at radius 2 is 1.55 bits per heavy atom. The standard InChI is InChI=1S/C28H40O14/c1-12-8-9-17-13(2)23(36-25-28(17)16(12)10-11-26(5,40-25)41-42-28)38-27(6)37-21-19(34-15(4)30)18(33-14(3)29)20(22(31)32-7)35-24(21)39-27/h12-13,16-21,23-25H,8-11H2,1-7H3/t12-,13-,16+,17+,18+,19+,20+,21-,23+,24-,25-,26+,27-,28-/m1/s1. The lowest BCUT2D eigenvalue weighted by Gasteiger charge is -2.60. The van der Waals surface area contributed by atoms with Crippen molar-refractivity contribution in [1.82, 2.24) is 0 Å². The molecule has 2 bridgehead atoms. The van der Waals surface area contributed by atoms with E-state index in [-0.39, 0.29) is 17.8 Å². The molecule has 0 aromatic carbocycles. The molecule has 1 spiro atoms. The highest BCUT2D eigenvalue weighted by Gasteiger charge is 2.70. The molecule has 0 aromatic heterocycles. The van der Waals surface area contributed by atoms with Crippen molar-refractivity contribution in [2.24, 2.45) is 23.7 Å². The van der Waals surface area contributed by atoms with Gasteiger partial charge in [-0.2, -0.15) is 0 Å². The molecule has 6 heterocycles. The lowest BCUT2D eigenvalue weighted by molar-refractivity contribution is -0.582. The molecular weight excluding hydrogens is 560 g/mol. The molecule has 7 aliphatic rings. The van der Waals surface area contributed by atoms with Gasteiger partial charge in [0, 0.05) is 39.0 Å². The van der Waals surface area contributed by atoms with Gasteiger partial charge in [-0.25, -0.2) is 14.6 Å². The van der Waals surface area contributed by atoms with Crippen LogP contribution in [-0.2, 0) is 66.8 Å². The van der Waals surface area contributed by atoms with E-state index in [0.717, 1.165) is 33.3 Å². The van der Waals surface area contributed by atoms with Crippen LogP contribution in [0.2, 0.25) is 0 Å². The van der Waals surface area contributed by atoms with Gasteiger partial charge < -0.3 is 33.2 Å². The first-order valence-electron chi connectivity index (χ1n) is 14.6. The van der Waals surface area contributed by atoms with Crippen molar-refractivity contribution in [3.05, 3.63) is 0 Å². The minimum absolute atomic E-state index is 0.0144. The summed E-state index contributed by atoms with van der Waals surface area (Å²) in [7, 11) is 1.16. The maximum absolute atomic E-state index is 12.6. The third-order valence-electron chi connectivity index (χ3n) is 9.64. The number of esters is 3. The summed E-state index contributed by atoms with van der Waals surface area (Å²) in [4.78, 5) is 48.7. The Balaban J connectivity index is 1.26. The molecule has 0 aromatic rings. The lowest BCUT2D eigenvalue weighted by Crippen LogP contribution is -2.71. The predicted molar refractivity (Wildman–Crippen MR) is 134 cm³/mol. The molecule has 42 heavy (non-hydrogen) atoms. The molecule has 14 heteroatoms. The number of fused-ring (bicyclic) bond motifs is 3. The lowest BCUT2D eigenvalue weighted by atomic mass is 9.58. The van der Waals surface area contributed by atoms with E-state index in [2.05, 4.69) is 6.92 Å². The molecular formula is C28H40O14. The summed E-state index contributed by atoms with van der Waals surface area (Å²) >= 11 is 0. The summed E-state index contributed by atoms with van der Waals surface area (Å²) in [6.07, 6.45) is -4.61. The summed E-state index contributed by atoms with van der Waals surface area (Å²) in [5.74, 6) is -4.61. The zero-order valence-electron chi connectivity index (χ0n) is 24.9. The van der Waals surface area contributed by atoms with Gasteiger partial charge in [0.2, 0.25) is 5.79 Å². The van der Waals surface area contributed by atoms with Gasteiger partial charge in [-0.1, -0.05) is 13.8 Å². The van der Waals surface area contributed by atoms with Crippen molar-refractivity contribution < 1.29 is 66.8 Å². The molecule has 7 rings (SSSR count). The fourth-order valence-corrected chi connectivity index (χ4v) is 7.74. The number of methoxy groups -OCH3 is 1. The van der Waals surface area contributed by atoms with Crippen LogP contribution in [0.1, 0.15) is 67.2 Å². The van der Waals surface area contributed by atoms with Gasteiger partial charge in [0.25, 0.3) is 5.97 Å². The molecule has 236 valence electrons. The van der Waals surface area contributed by atoms with Crippen LogP contribution < -0.4 is 0 Å². The van der Waals surface area contributed by atoms with Crippen molar-refractivity contribution in [2.75, 3.05) is 7.11 Å². The van der Waals surface area contributed by atoms with Crippen LogP contribution in [-0.4, -0.2) is 85.7 Å². The van der Waals surface area contributed by atoms with E-state index in [1.807, 2.05) is 13.8 Å². The van der Waals surface area contributed by atoms with E-state index in [4.69, 9.17) is 52.4 Å². The van der Waals surface area contributed by atoms with E-state index in [0.29, 0.717) is 12.3 Å². The second-order valence-corrected chi connectivity index (χ2v) is 12.6. The fraction of sp³-hybridized carbons (Fsp3) is 0.893.